The first-order valence-corrected chi connectivity index (χ1v) is 8.30. The molecule has 0 spiro atoms. The zero-order chi connectivity index (χ0) is 16.2. The van der Waals surface area contributed by atoms with E-state index < -0.39 is 0 Å². The smallest absolute Gasteiger partial charge is 0.136 e. The van der Waals surface area contributed by atoms with Gasteiger partial charge in [-0.05, 0) is 30.5 Å². The highest BCUT2D eigenvalue weighted by molar-refractivity contribution is 5.45. The fraction of sp³-hybridized carbons (Fsp3) is 0.611. The summed E-state index contributed by atoms with van der Waals surface area (Å²) in [5.41, 5.74) is 1.68. The molecule has 3 unspecified atom stereocenters. The van der Waals surface area contributed by atoms with Crippen molar-refractivity contribution >= 4 is 0 Å². The Labute approximate surface area is 137 Å². The van der Waals surface area contributed by atoms with Crippen molar-refractivity contribution in [2.45, 2.75) is 38.0 Å². The van der Waals surface area contributed by atoms with Crippen LogP contribution in [0.2, 0.25) is 0 Å². The van der Waals surface area contributed by atoms with Crippen LogP contribution in [-0.4, -0.2) is 49.0 Å². The van der Waals surface area contributed by atoms with Crippen LogP contribution in [0.4, 0.5) is 0 Å². The number of methoxy groups -OCH3 is 1. The van der Waals surface area contributed by atoms with Gasteiger partial charge >= 0.3 is 0 Å². The highest BCUT2D eigenvalue weighted by Crippen LogP contribution is 2.33. The van der Waals surface area contributed by atoms with E-state index in [0.29, 0.717) is 23.8 Å². The molecule has 1 saturated heterocycles. The molecule has 3 rings (SSSR count). The SMILES string of the molecule is COc1cc(CN2CCOCC2C2CCCC2O)ccc1C#N. The third kappa shape index (κ3) is 3.50. The summed E-state index contributed by atoms with van der Waals surface area (Å²) in [6, 6.07) is 8.15. The van der Waals surface area contributed by atoms with Gasteiger partial charge in [-0.1, -0.05) is 12.5 Å². The number of morpholine rings is 1. The Kier molecular flexibility index (Phi) is 5.16. The van der Waals surface area contributed by atoms with Gasteiger partial charge in [0, 0.05) is 25.0 Å². The Bertz CT molecular complexity index is 584. The molecular formula is C18H24N2O3. The van der Waals surface area contributed by atoms with Gasteiger partial charge in [0.25, 0.3) is 0 Å². The van der Waals surface area contributed by atoms with E-state index in [1.54, 1.807) is 7.11 Å². The first-order valence-electron chi connectivity index (χ1n) is 8.30. The minimum atomic E-state index is -0.209. The van der Waals surface area contributed by atoms with E-state index in [0.717, 1.165) is 44.5 Å². The molecule has 124 valence electrons. The van der Waals surface area contributed by atoms with E-state index in [1.165, 1.54) is 0 Å². The summed E-state index contributed by atoms with van der Waals surface area (Å²) in [6.07, 6.45) is 2.86. The van der Waals surface area contributed by atoms with E-state index in [4.69, 9.17) is 14.7 Å². The molecule has 0 bridgehead atoms. The van der Waals surface area contributed by atoms with Crippen LogP contribution in [0.1, 0.15) is 30.4 Å². The summed E-state index contributed by atoms with van der Waals surface area (Å²) in [7, 11) is 1.59. The van der Waals surface area contributed by atoms with E-state index >= 15 is 0 Å². The normalized spacial score (nSPS) is 28.5. The molecule has 0 radical (unpaired) electrons. The lowest BCUT2D eigenvalue weighted by atomic mass is 9.94. The van der Waals surface area contributed by atoms with Gasteiger partial charge in [0.15, 0.2) is 0 Å². The predicted octanol–water partition coefficient (Wildman–Crippen LogP) is 1.93. The van der Waals surface area contributed by atoms with E-state index in [9.17, 15) is 5.11 Å². The fourth-order valence-electron chi connectivity index (χ4n) is 3.83. The van der Waals surface area contributed by atoms with E-state index in [2.05, 4.69) is 11.0 Å². The second kappa shape index (κ2) is 7.31. The molecule has 0 amide bonds. The van der Waals surface area contributed by atoms with Crippen LogP contribution in [-0.2, 0) is 11.3 Å². The Morgan fingerprint density at radius 3 is 3.00 bits per heavy atom. The van der Waals surface area contributed by atoms with Crippen LogP contribution in [0.5, 0.6) is 5.75 Å². The van der Waals surface area contributed by atoms with E-state index in [1.807, 2.05) is 18.2 Å². The molecule has 1 aromatic rings. The van der Waals surface area contributed by atoms with Gasteiger partial charge in [-0.15, -0.1) is 0 Å². The molecule has 1 aromatic carbocycles. The first-order chi connectivity index (χ1) is 11.2. The summed E-state index contributed by atoms with van der Waals surface area (Å²) < 4.78 is 11.0. The van der Waals surface area contributed by atoms with Gasteiger partial charge in [0.1, 0.15) is 11.8 Å². The molecule has 1 heterocycles. The van der Waals surface area contributed by atoms with Crippen molar-refractivity contribution in [3.05, 3.63) is 29.3 Å². The number of rotatable bonds is 4. The van der Waals surface area contributed by atoms with Crippen LogP contribution >= 0.6 is 0 Å². The minimum absolute atomic E-state index is 0.209. The fourth-order valence-corrected chi connectivity index (χ4v) is 3.83. The van der Waals surface area contributed by atoms with Gasteiger partial charge in [0.05, 0.1) is 32.0 Å². The highest BCUT2D eigenvalue weighted by atomic mass is 16.5. The summed E-state index contributed by atoms with van der Waals surface area (Å²) in [4.78, 5) is 2.41. The molecule has 0 aromatic heterocycles. The van der Waals surface area contributed by atoms with Crippen LogP contribution < -0.4 is 4.74 Å². The Morgan fingerprint density at radius 1 is 1.43 bits per heavy atom. The van der Waals surface area contributed by atoms with Crippen molar-refractivity contribution in [3.63, 3.8) is 0 Å². The van der Waals surface area contributed by atoms with Crippen molar-refractivity contribution in [1.29, 1.82) is 5.26 Å². The number of aliphatic hydroxyl groups excluding tert-OH is 1. The van der Waals surface area contributed by atoms with Crippen molar-refractivity contribution < 1.29 is 14.6 Å². The number of hydrogen-bond acceptors (Lipinski definition) is 5. The largest absolute Gasteiger partial charge is 0.495 e. The third-order valence-corrected chi connectivity index (χ3v) is 5.08. The van der Waals surface area contributed by atoms with Gasteiger partial charge in [-0.3, -0.25) is 4.90 Å². The molecule has 5 heteroatoms. The Hall–Kier alpha value is -1.61. The minimum Gasteiger partial charge on any atom is -0.495 e. The average molecular weight is 316 g/mol. The number of aliphatic hydroxyl groups is 1. The van der Waals surface area contributed by atoms with Crippen LogP contribution in [0.3, 0.4) is 0 Å². The average Bonchev–Trinajstić information content (AvgIpc) is 3.01. The molecule has 5 nitrogen and oxygen atoms in total. The van der Waals surface area contributed by atoms with Gasteiger partial charge in [0.2, 0.25) is 0 Å². The second-order valence-electron chi connectivity index (χ2n) is 6.42. The van der Waals surface area contributed by atoms with Gasteiger partial charge in [-0.2, -0.15) is 5.26 Å². The maximum atomic E-state index is 10.2. The molecule has 1 saturated carbocycles. The summed E-state index contributed by atoms with van der Waals surface area (Å²) >= 11 is 0. The van der Waals surface area contributed by atoms with Crippen molar-refractivity contribution in [1.82, 2.24) is 4.90 Å². The number of ether oxygens (including phenoxy) is 2. The Balaban J connectivity index is 1.75. The molecule has 1 N–H and O–H groups in total. The number of nitriles is 1. The third-order valence-electron chi connectivity index (χ3n) is 5.08. The molecule has 23 heavy (non-hydrogen) atoms. The summed E-state index contributed by atoms with van der Waals surface area (Å²) in [5.74, 6) is 0.922. The molecule has 1 aliphatic heterocycles. The quantitative estimate of drug-likeness (QED) is 0.919. The number of hydrogen-bond donors (Lipinski definition) is 1. The monoisotopic (exact) mass is 316 g/mol. The van der Waals surface area contributed by atoms with Crippen molar-refractivity contribution in [2.24, 2.45) is 5.92 Å². The lowest BCUT2D eigenvalue weighted by molar-refractivity contribution is -0.0536. The van der Waals surface area contributed by atoms with E-state index in [-0.39, 0.29) is 12.1 Å². The zero-order valence-corrected chi connectivity index (χ0v) is 13.6. The van der Waals surface area contributed by atoms with Gasteiger partial charge < -0.3 is 14.6 Å². The second-order valence-corrected chi connectivity index (χ2v) is 6.42. The summed E-state index contributed by atoms with van der Waals surface area (Å²) in [5, 5.41) is 19.3. The van der Waals surface area contributed by atoms with Crippen LogP contribution in [0.15, 0.2) is 18.2 Å². The van der Waals surface area contributed by atoms with Crippen molar-refractivity contribution in [2.75, 3.05) is 26.9 Å². The number of nitrogens with zero attached hydrogens (tertiary/aromatic N) is 2. The standard InChI is InChI=1S/C18H24N2O3/c1-22-18-9-13(5-6-14(18)10-19)11-20-7-8-23-12-16(20)15-3-2-4-17(15)21/h5-6,9,15-17,21H,2-4,7-8,11-12H2,1H3. The summed E-state index contributed by atoms with van der Waals surface area (Å²) in [6.45, 7) is 3.08. The lowest BCUT2D eigenvalue weighted by Crippen LogP contribution is -2.50. The molecular weight excluding hydrogens is 292 g/mol. The van der Waals surface area contributed by atoms with Crippen molar-refractivity contribution in [3.8, 4) is 11.8 Å². The zero-order valence-electron chi connectivity index (χ0n) is 13.6. The highest BCUT2D eigenvalue weighted by Gasteiger charge is 2.37. The molecule has 3 atom stereocenters. The maximum Gasteiger partial charge on any atom is 0.136 e. The molecule has 2 aliphatic rings. The predicted molar refractivity (Wildman–Crippen MR) is 86.1 cm³/mol. The number of benzene rings is 1. The Morgan fingerprint density at radius 2 is 2.30 bits per heavy atom. The van der Waals surface area contributed by atoms with Crippen LogP contribution in [0.25, 0.3) is 0 Å². The molecule has 1 aliphatic carbocycles. The van der Waals surface area contributed by atoms with Crippen LogP contribution in [0, 0.1) is 17.2 Å². The maximum absolute atomic E-state index is 10.2. The molecule has 2 fully saturated rings. The lowest BCUT2D eigenvalue weighted by Gasteiger charge is -2.40. The topological polar surface area (TPSA) is 65.7 Å². The van der Waals surface area contributed by atoms with Gasteiger partial charge in [-0.25, -0.2) is 0 Å². The first kappa shape index (κ1) is 16.3.